The summed E-state index contributed by atoms with van der Waals surface area (Å²) in [4.78, 5) is 13.1. The van der Waals surface area contributed by atoms with Crippen molar-refractivity contribution >= 4 is 29.0 Å². The van der Waals surface area contributed by atoms with Gasteiger partial charge in [-0.2, -0.15) is 5.10 Å². The standard InChI is InChI=1S/C23H23ClF2N4O3/c1-13(2)30-21(28-22(32)16-5-8-18-15(11-16)9-10-27-18)20(19(12-31)29-30)14-3-6-17(7-4-14)33-23(24,25)26/h3-8,11,13,27,31H,9-10,12H2,1-2H3,(H,28,32). The topological polar surface area (TPSA) is 88.4 Å². The molecule has 2 aromatic carbocycles. The number of nitrogens with zero attached hydrogens (tertiary/aromatic N) is 2. The predicted octanol–water partition coefficient (Wildman–Crippen LogP) is 5.01. The van der Waals surface area contributed by atoms with Gasteiger partial charge in [0.05, 0.1) is 12.3 Å². The van der Waals surface area contributed by atoms with Crippen LogP contribution in [0.2, 0.25) is 0 Å². The molecule has 1 aromatic heterocycles. The minimum atomic E-state index is -3.83. The van der Waals surface area contributed by atoms with Crippen LogP contribution in [-0.4, -0.2) is 32.9 Å². The Bertz CT molecular complexity index is 1170. The maximum atomic E-state index is 13.1. The first kappa shape index (κ1) is 23.0. The molecule has 174 valence electrons. The highest BCUT2D eigenvalue weighted by molar-refractivity contribution is 6.20. The number of aromatic nitrogens is 2. The lowest BCUT2D eigenvalue weighted by Gasteiger charge is -2.15. The van der Waals surface area contributed by atoms with Crippen LogP contribution in [0.4, 0.5) is 20.3 Å². The van der Waals surface area contributed by atoms with Gasteiger partial charge in [-0.25, -0.2) is 4.68 Å². The molecule has 0 unspecified atom stereocenters. The van der Waals surface area contributed by atoms with Crippen LogP contribution in [0.25, 0.3) is 11.1 Å². The maximum absolute atomic E-state index is 13.1. The van der Waals surface area contributed by atoms with Gasteiger partial charge in [0.25, 0.3) is 5.91 Å². The van der Waals surface area contributed by atoms with Crippen LogP contribution in [0.15, 0.2) is 42.5 Å². The van der Waals surface area contributed by atoms with E-state index in [2.05, 4.69) is 20.5 Å². The summed E-state index contributed by atoms with van der Waals surface area (Å²) in [5.41, 5.74) is 0.156. The number of carbonyl (C=O) groups excluding carboxylic acids is 1. The van der Waals surface area contributed by atoms with Crippen molar-refractivity contribution in [2.45, 2.75) is 38.5 Å². The van der Waals surface area contributed by atoms with Gasteiger partial charge in [0.1, 0.15) is 11.6 Å². The molecule has 0 radical (unpaired) electrons. The zero-order valence-corrected chi connectivity index (χ0v) is 18.8. The molecule has 7 nitrogen and oxygen atoms in total. The quantitative estimate of drug-likeness (QED) is 0.417. The van der Waals surface area contributed by atoms with Crippen LogP contribution >= 0.6 is 11.6 Å². The van der Waals surface area contributed by atoms with Gasteiger partial charge in [0.2, 0.25) is 0 Å². The average Bonchev–Trinajstić information content (AvgIpc) is 3.37. The molecule has 1 amide bonds. The molecule has 3 N–H and O–H groups in total. The lowest BCUT2D eigenvalue weighted by atomic mass is 10.0. The number of rotatable bonds is 7. The number of halogens is 3. The normalized spacial score (nSPS) is 13.1. The molecule has 33 heavy (non-hydrogen) atoms. The highest BCUT2D eigenvalue weighted by atomic mass is 35.5. The van der Waals surface area contributed by atoms with Gasteiger partial charge in [0, 0.05) is 41.0 Å². The van der Waals surface area contributed by atoms with Gasteiger partial charge in [-0.15, -0.1) is 8.78 Å². The van der Waals surface area contributed by atoms with Crippen LogP contribution in [0.5, 0.6) is 5.75 Å². The summed E-state index contributed by atoms with van der Waals surface area (Å²) >= 11 is 4.83. The minimum Gasteiger partial charge on any atom is -0.420 e. The van der Waals surface area contributed by atoms with Gasteiger partial charge in [0.15, 0.2) is 0 Å². The fourth-order valence-electron chi connectivity index (χ4n) is 3.84. The van der Waals surface area contributed by atoms with Crippen LogP contribution in [0.1, 0.15) is 41.5 Å². The van der Waals surface area contributed by atoms with Crippen molar-refractivity contribution in [3.63, 3.8) is 0 Å². The van der Waals surface area contributed by atoms with Crippen LogP contribution in [0.3, 0.4) is 0 Å². The number of hydrogen-bond donors (Lipinski definition) is 3. The number of amides is 1. The van der Waals surface area contributed by atoms with Crippen molar-refractivity contribution in [2.75, 3.05) is 17.2 Å². The maximum Gasteiger partial charge on any atom is 0.487 e. The fraction of sp³-hybridized carbons (Fsp3) is 0.304. The number of benzene rings is 2. The number of hydrogen-bond acceptors (Lipinski definition) is 5. The Kier molecular flexibility index (Phi) is 6.27. The second kappa shape index (κ2) is 8.99. The average molecular weight is 477 g/mol. The van der Waals surface area contributed by atoms with E-state index in [0.717, 1.165) is 24.2 Å². The first-order valence-electron chi connectivity index (χ1n) is 10.4. The van der Waals surface area contributed by atoms with Gasteiger partial charge in [-0.3, -0.25) is 4.79 Å². The second-order valence-electron chi connectivity index (χ2n) is 7.94. The Morgan fingerprint density at radius 3 is 2.67 bits per heavy atom. The molecule has 1 aliphatic rings. The summed E-state index contributed by atoms with van der Waals surface area (Å²) in [7, 11) is 0. The van der Waals surface area contributed by atoms with E-state index in [1.165, 1.54) is 24.3 Å². The predicted molar refractivity (Wildman–Crippen MR) is 122 cm³/mol. The smallest absolute Gasteiger partial charge is 0.420 e. The molecule has 1 aliphatic heterocycles. The van der Waals surface area contributed by atoms with E-state index in [9.17, 15) is 18.7 Å². The van der Waals surface area contributed by atoms with Gasteiger partial charge in [-0.1, -0.05) is 12.1 Å². The minimum absolute atomic E-state index is 0.124. The van der Waals surface area contributed by atoms with E-state index >= 15 is 0 Å². The van der Waals surface area contributed by atoms with E-state index < -0.39 is 5.57 Å². The number of anilines is 2. The van der Waals surface area contributed by atoms with Gasteiger partial charge in [-0.05, 0) is 61.7 Å². The van der Waals surface area contributed by atoms with Crippen LogP contribution in [0, 0.1) is 0 Å². The van der Waals surface area contributed by atoms with E-state index in [-0.39, 0.29) is 24.3 Å². The number of ether oxygens (including phenoxy) is 1. The first-order chi connectivity index (χ1) is 15.7. The zero-order chi connectivity index (χ0) is 23.8. The lowest BCUT2D eigenvalue weighted by Crippen LogP contribution is -2.17. The van der Waals surface area contributed by atoms with Crippen molar-refractivity contribution in [3.8, 4) is 16.9 Å². The molecule has 0 saturated carbocycles. The molecular weight excluding hydrogens is 454 g/mol. The third-order valence-electron chi connectivity index (χ3n) is 5.31. The van der Waals surface area contributed by atoms with Crippen molar-refractivity contribution in [1.29, 1.82) is 0 Å². The molecule has 0 spiro atoms. The SMILES string of the molecule is CC(C)n1nc(CO)c(-c2ccc(OC(F)(F)Cl)cc2)c1NC(=O)c1ccc2c(c1)CCN2. The number of aliphatic hydroxyl groups is 1. The van der Waals surface area contributed by atoms with E-state index in [0.29, 0.717) is 28.2 Å². The molecule has 0 fully saturated rings. The number of nitrogens with one attached hydrogen (secondary N) is 2. The molecule has 0 bridgehead atoms. The second-order valence-corrected chi connectivity index (χ2v) is 8.38. The third-order valence-corrected chi connectivity index (χ3v) is 5.38. The largest absolute Gasteiger partial charge is 0.487 e. The molecule has 3 aromatic rings. The first-order valence-corrected chi connectivity index (χ1v) is 10.8. The Morgan fingerprint density at radius 1 is 1.30 bits per heavy atom. The summed E-state index contributed by atoms with van der Waals surface area (Å²) in [5, 5.41) is 20.6. The zero-order valence-electron chi connectivity index (χ0n) is 18.0. The summed E-state index contributed by atoms with van der Waals surface area (Å²) in [6.45, 7) is 4.25. The van der Waals surface area contributed by atoms with Crippen LogP contribution in [-0.2, 0) is 13.0 Å². The Hall–Kier alpha value is -3.17. The summed E-state index contributed by atoms with van der Waals surface area (Å²) in [5.74, 6) is -0.0501. The Labute approximate surface area is 194 Å². The monoisotopic (exact) mass is 476 g/mol. The summed E-state index contributed by atoms with van der Waals surface area (Å²) < 4.78 is 31.9. The highest BCUT2D eigenvalue weighted by Gasteiger charge is 2.28. The van der Waals surface area contributed by atoms with Crippen molar-refractivity contribution in [2.24, 2.45) is 0 Å². The Balaban J connectivity index is 1.71. The number of fused-ring (bicyclic) bond motifs is 1. The van der Waals surface area contributed by atoms with E-state index in [1.807, 2.05) is 26.0 Å². The van der Waals surface area contributed by atoms with Crippen molar-refractivity contribution < 1.29 is 23.4 Å². The van der Waals surface area contributed by atoms with Gasteiger partial charge >= 0.3 is 5.57 Å². The van der Waals surface area contributed by atoms with Gasteiger partial charge < -0.3 is 20.5 Å². The molecular formula is C23H23ClF2N4O3. The summed E-state index contributed by atoms with van der Waals surface area (Å²) in [6, 6.07) is 11.1. The summed E-state index contributed by atoms with van der Waals surface area (Å²) in [6.07, 6.45) is 0.843. The number of aliphatic hydroxyl groups excluding tert-OH is 1. The molecule has 4 rings (SSSR count). The van der Waals surface area contributed by atoms with Crippen molar-refractivity contribution in [3.05, 3.63) is 59.3 Å². The fourth-order valence-corrected chi connectivity index (χ4v) is 3.93. The van der Waals surface area contributed by atoms with E-state index in [1.54, 1.807) is 10.7 Å². The molecule has 10 heteroatoms. The molecule has 0 saturated heterocycles. The third kappa shape index (κ3) is 4.94. The Morgan fingerprint density at radius 2 is 2.03 bits per heavy atom. The molecule has 0 aliphatic carbocycles. The molecule has 2 heterocycles. The molecule has 0 atom stereocenters. The van der Waals surface area contributed by atoms with Crippen LogP contribution < -0.4 is 15.4 Å². The van der Waals surface area contributed by atoms with Crippen molar-refractivity contribution in [1.82, 2.24) is 9.78 Å². The number of alkyl halides is 3. The highest BCUT2D eigenvalue weighted by Crippen LogP contribution is 2.36. The lowest BCUT2D eigenvalue weighted by molar-refractivity contribution is -0.0964. The number of carbonyl (C=O) groups is 1. The van der Waals surface area contributed by atoms with E-state index in [4.69, 9.17) is 11.6 Å².